The summed E-state index contributed by atoms with van der Waals surface area (Å²) in [6.45, 7) is 8.16. The van der Waals surface area contributed by atoms with Crippen molar-refractivity contribution in [3.8, 4) is 11.1 Å². The number of carbonyl (C=O) groups is 1. The molecule has 3 heteroatoms. The molecule has 0 atom stereocenters. The van der Waals surface area contributed by atoms with Crippen LogP contribution in [0.2, 0.25) is 0 Å². The SMILES string of the molecule is CCc1cc(-c2c(C)cc(C)cc2C)cc(C(=O)O)n1. The lowest BCUT2D eigenvalue weighted by Crippen LogP contribution is -2.04. The van der Waals surface area contributed by atoms with E-state index in [1.165, 1.54) is 5.56 Å². The number of carboxylic acids is 1. The molecule has 20 heavy (non-hydrogen) atoms. The lowest BCUT2D eigenvalue weighted by molar-refractivity contribution is 0.0690. The largest absolute Gasteiger partial charge is 0.477 e. The minimum absolute atomic E-state index is 0.110. The number of benzene rings is 1. The van der Waals surface area contributed by atoms with E-state index in [1.54, 1.807) is 6.07 Å². The van der Waals surface area contributed by atoms with Gasteiger partial charge in [0.05, 0.1) is 0 Å². The monoisotopic (exact) mass is 269 g/mol. The third kappa shape index (κ3) is 2.72. The van der Waals surface area contributed by atoms with Gasteiger partial charge in [0, 0.05) is 5.69 Å². The molecule has 0 saturated carbocycles. The molecule has 0 saturated heterocycles. The Labute approximate surface area is 119 Å². The maximum absolute atomic E-state index is 11.2. The van der Waals surface area contributed by atoms with E-state index in [4.69, 9.17) is 0 Å². The summed E-state index contributed by atoms with van der Waals surface area (Å²) in [5, 5.41) is 9.20. The molecule has 0 radical (unpaired) electrons. The van der Waals surface area contributed by atoms with Crippen LogP contribution in [0.4, 0.5) is 0 Å². The maximum Gasteiger partial charge on any atom is 0.354 e. The molecular weight excluding hydrogens is 250 g/mol. The Balaban J connectivity index is 2.69. The third-order valence-electron chi connectivity index (χ3n) is 3.43. The average Bonchev–Trinajstić information content (AvgIpc) is 2.37. The van der Waals surface area contributed by atoms with Crippen LogP contribution in [0.15, 0.2) is 24.3 Å². The molecule has 0 aliphatic rings. The van der Waals surface area contributed by atoms with Gasteiger partial charge in [-0.05, 0) is 61.6 Å². The first-order valence-electron chi connectivity index (χ1n) is 6.75. The van der Waals surface area contributed by atoms with Gasteiger partial charge in [-0.1, -0.05) is 24.6 Å². The highest BCUT2D eigenvalue weighted by atomic mass is 16.4. The number of carboxylic acid groups (broad SMARTS) is 1. The highest BCUT2D eigenvalue weighted by molar-refractivity contribution is 5.88. The van der Waals surface area contributed by atoms with Crippen molar-refractivity contribution in [1.82, 2.24) is 4.98 Å². The van der Waals surface area contributed by atoms with Gasteiger partial charge in [0.2, 0.25) is 0 Å². The topological polar surface area (TPSA) is 50.2 Å². The fourth-order valence-electron chi connectivity index (χ4n) is 2.66. The summed E-state index contributed by atoms with van der Waals surface area (Å²) in [5.41, 5.74) is 6.49. The van der Waals surface area contributed by atoms with Gasteiger partial charge >= 0.3 is 5.97 Å². The zero-order chi connectivity index (χ0) is 14.9. The number of rotatable bonds is 3. The lowest BCUT2D eigenvalue weighted by atomic mass is 9.93. The standard InChI is InChI=1S/C17H19NO2/c1-5-14-8-13(9-15(18-14)17(19)20)16-11(3)6-10(2)7-12(16)4/h6-9H,5H2,1-4H3,(H,19,20). The first-order valence-corrected chi connectivity index (χ1v) is 6.75. The van der Waals surface area contributed by atoms with E-state index in [0.717, 1.165) is 34.4 Å². The molecule has 0 spiro atoms. The number of nitrogens with zero attached hydrogens (tertiary/aromatic N) is 1. The molecule has 0 aliphatic heterocycles. The van der Waals surface area contributed by atoms with Crippen LogP contribution in [0, 0.1) is 20.8 Å². The van der Waals surface area contributed by atoms with Gasteiger partial charge in [0.1, 0.15) is 5.69 Å². The van der Waals surface area contributed by atoms with Crippen LogP contribution in [0.25, 0.3) is 11.1 Å². The normalized spacial score (nSPS) is 10.6. The zero-order valence-corrected chi connectivity index (χ0v) is 12.3. The second kappa shape index (κ2) is 5.45. The summed E-state index contributed by atoms with van der Waals surface area (Å²) < 4.78 is 0. The quantitative estimate of drug-likeness (QED) is 0.918. The molecule has 2 aromatic rings. The van der Waals surface area contributed by atoms with Crippen LogP contribution in [0.5, 0.6) is 0 Å². The number of hydrogen-bond acceptors (Lipinski definition) is 2. The van der Waals surface area contributed by atoms with Crippen LogP contribution < -0.4 is 0 Å². The van der Waals surface area contributed by atoms with E-state index in [-0.39, 0.29) is 5.69 Å². The van der Waals surface area contributed by atoms with Gasteiger partial charge in [0.25, 0.3) is 0 Å². The van der Waals surface area contributed by atoms with Crippen molar-refractivity contribution in [3.05, 3.63) is 52.3 Å². The first-order chi connectivity index (χ1) is 9.42. The van der Waals surface area contributed by atoms with Crippen molar-refractivity contribution in [2.45, 2.75) is 34.1 Å². The summed E-state index contributed by atoms with van der Waals surface area (Å²) >= 11 is 0. The van der Waals surface area contributed by atoms with Crippen LogP contribution >= 0.6 is 0 Å². The van der Waals surface area contributed by atoms with Crippen molar-refractivity contribution < 1.29 is 9.90 Å². The van der Waals surface area contributed by atoms with Crippen LogP contribution in [-0.4, -0.2) is 16.1 Å². The molecule has 0 amide bonds. The Morgan fingerprint density at radius 3 is 2.20 bits per heavy atom. The molecule has 2 rings (SSSR count). The van der Waals surface area contributed by atoms with Crippen LogP contribution in [0.1, 0.15) is 39.8 Å². The Bertz CT molecular complexity index is 652. The molecule has 0 aliphatic carbocycles. The van der Waals surface area contributed by atoms with Gasteiger partial charge in [-0.25, -0.2) is 9.78 Å². The van der Waals surface area contributed by atoms with Crippen molar-refractivity contribution in [2.24, 2.45) is 0 Å². The molecule has 0 bridgehead atoms. The summed E-state index contributed by atoms with van der Waals surface area (Å²) in [6, 6.07) is 7.88. The molecule has 104 valence electrons. The number of aryl methyl sites for hydroxylation is 4. The predicted molar refractivity (Wildman–Crippen MR) is 80.2 cm³/mol. The predicted octanol–water partition coefficient (Wildman–Crippen LogP) is 3.93. The number of pyridine rings is 1. The Morgan fingerprint density at radius 1 is 1.10 bits per heavy atom. The van der Waals surface area contributed by atoms with E-state index in [0.29, 0.717) is 0 Å². The Kier molecular flexibility index (Phi) is 3.89. The number of hydrogen-bond donors (Lipinski definition) is 1. The highest BCUT2D eigenvalue weighted by Crippen LogP contribution is 2.29. The van der Waals surface area contributed by atoms with Crippen molar-refractivity contribution in [1.29, 1.82) is 0 Å². The second-order valence-corrected chi connectivity index (χ2v) is 5.16. The fraction of sp³-hybridized carbons (Fsp3) is 0.294. The maximum atomic E-state index is 11.2. The number of aromatic carboxylic acids is 1. The van der Waals surface area contributed by atoms with Gasteiger partial charge in [0.15, 0.2) is 0 Å². The van der Waals surface area contributed by atoms with E-state index in [9.17, 15) is 9.90 Å². The van der Waals surface area contributed by atoms with E-state index >= 15 is 0 Å². The second-order valence-electron chi connectivity index (χ2n) is 5.16. The number of aromatic nitrogens is 1. The smallest absolute Gasteiger partial charge is 0.354 e. The van der Waals surface area contributed by atoms with Crippen molar-refractivity contribution >= 4 is 5.97 Å². The molecule has 1 N–H and O–H groups in total. The van der Waals surface area contributed by atoms with Crippen molar-refractivity contribution in [3.63, 3.8) is 0 Å². The minimum Gasteiger partial charge on any atom is -0.477 e. The third-order valence-corrected chi connectivity index (χ3v) is 3.43. The van der Waals surface area contributed by atoms with Gasteiger partial charge in [-0.2, -0.15) is 0 Å². The van der Waals surface area contributed by atoms with E-state index in [2.05, 4.69) is 37.9 Å². The molecule has 0 fully saturated rings. The Morgan fingerprint density at radius 2 is 1.70 bits per heavy atom. The average molecular weight is 269 g/mol. The molecule has 1 aromatic heterocycles. The molecule has 0 unspecified atom stereocenters. The summed E-state index contributed by atoms with van der Waals surface area (Å²) in [7, 11) is 0. The van der Waals surface area contributed by atoms with E-state index < -0.39 is 5.97 Å². The van der Waals surface area contributed by atoms with Gasteiger partial charge in [-0.15, -0.1) is 0 Å². The minimum atomic E-state index is -0.982. The van der Waals surface area contributed by atoms with E-state index in [1.807, 2.05) is 13.0 Å². The van der Waals surface area contributed by atoms with Crippen molar-refractivity contribution in [2.75, 3.05) is 0 Å². The highest BCUT2D eigenvalue weighted by Gasteiger charge is 2.12. The Hall–Kier alpha value is -2.16. The first kappa shape index (κ1) is 14.3. The summed E-state index contributed by atoms with van der Waals surface area (Å²) in [6.07, 6.45) is 0.720. The van der Waals surface area contributed by atoms with Gasteiger partial charge in [-0.3, -0.25) is 0 Å². The van der Waals surface area contributed by atoms with Gasteiger partial charge < -0.3 is 5.11 Å². The molecule has 1 heterocycles. The summed E-state index contributed by atoms with van der Waals surface area (Å²) in [4.78, 5) is 15.4. The van der Waals surface area contributed by atoms with Crippen LogP contribution in [0.3, 0.4) is 0 Å². The molecule has 3 nitrogen and oxygen atoms in total. The fourth-order valence-corrected chi connectivity index (χ4v) is 2.66. The molecular formula is C17H19NO2. The van der Waals surface area contributed by atoms with Crippen LogP contribution in [-0.2, 0) is 6.42 Å². The summed E-state index contributed by atoms with van der Waals surface area (Å²) in [5.74, 6) is -0.982. The lowest BCUT2D eigenvalue weighted by Gasteiger charge is -2.13. The molecule has 1 aromatic carbocycles. The zero-order valence-electron chi connectivity index (χ0n) is 12.3.